The molecule has 0 aromatic heterocycles. The molecule has 2 aliphatic heterocycles. The summed E-state index contributed by atoms with van der Waals surface area (Å²) in [7, 11) is -1.15. The van der Waals surface area contributed by atoms with E-state index in [1.165, 1.54) is 0 Å². The lowest BCUT2D eigenvalue weighted by Crippen LogP contribution is -1.85. The highest BCUT2D eigenvalue weighted by atomic mass is 127. The van der Waals surface area contributed by atoms with Gasteiger partial charge in [0.2, 0.25) is 0 Å². The molecule has 2 aliphatic rings. The Balaban J connectivity index is 2.58. The molecule has 0 amide bonds. The van der Waals surface area contributed by atoms with Crippen LogP contribution in [0.5, 0.6) is 0 Å². The van der Waals surface area contributed by atoms with Gasteiger partial charge in [-0.3, -0.25) is 0 Å². The Kier molecular flexibility index (Phi) is 1.61. The summed E-state index contributed by atoms with van der Waals surface area (Å²) in [5.74, 6) is 0. The number of hydrogen-bond acceptors (Lipinski definition) is 2. The second-order valence-corrected chi connectivity index (χ2v) is 4.62. The van der Waals surface area contributed by atoms with Gasteiger partial charge in [0.15, 0.2) is 11.0 Å². The SMILES string of the molecule is O=S1N=CC2=C1C=CI=N2. The second kappa shape index (κ2) is 2.46. The molecule has 0 aromatic rings. The maximum atomic E-state index is 11.0. The summed E-state index contributed by atoms with van der Waals surface area (Å²) in [6.45, 7) is 0. The van der Waals surface area contributed by atoms with Crippen molar-refractivity contribution >= 4 is 38.2 Å². The highest BCUT2D eigenvalue weighted by molar-refractivity contribution is 14.2. The molecule has 1 unspecified atom stereocenters. The van der Waals surface area contributed by atoms with E-state index < -0.39 is 11.0 Å². The Hall–Kier alpha value is -0.170. The van der Waals surface area contributed by atoms with E-state index in [4.69, 9.17) is 0 Å². The minimum Gasteiger partial charge on any atom is -0.229 e. The fourth-order valence-corrected chi connectivity index (χ4v) is 3.23. The van der Waals surface area contributed by atoms with Gasteiger partial charge in [0.1, 0.15) is 5.70 Å². The molecule has 5 heteroatoms. The van der Waals surface area contributed by atoms with Crippen molar-refractivity contribution in [3.8, 4) is 0 Å². The van der Waals surface area contributed by atoms with E-state index in [1.807, 2.05) is 10.2 Å². The van der Waals surface area contributed by atoms with Crippen LogP contribution in [0.2, 0.25) is 0 Å². The molecule has 0 N–H and O–H groups in total. The van der Waals surface area contributed by atoms with Gasteiger partial charge < -0.3 is 0 Å². The first kappa shape index (κ1) is 6.53. The Morgan fingerprint density at radius 1 is 1.60 bits per heavy atom. The van der Waals surface area contributed by atoms with Crippen LogP contribution in [0, 0.1) is 0 Å². The van der Waals surface area contributed by atoms with Crippen molar-refractivity contribution in [2.24, 2.45) is 7.54 Å². The standard InChI is InChI=1S/C5H3IN2OS/c9-10-5-1-2-6-8-4(5)3-7-10/h1-3H. The maximum absolute atomic E-state index is 11.0. The van der Waals surface area contributed by atoms with Crippen LogP contribution in [-0.2, 0) is 11.0 Å². The van der Waals surface area contributed by atoms with Crippen molar-refractivity contribution in [3.05, 3.63) is 20.8 Å². The molecule has 0 fully saturated rings. The zero-order chi connectivity index (χ0) is 6.97. The molecule has 1 atom stereocenters. The molecular formula is C5H3IN2OS. The van der Waals surface area contributed by atoms with Crippen molar-refractivity contribution in [1.29, 1.82) is 0 Å². The smallest absolute Gasteiger partial charge is 0.174 e. The monoisotopic (exact) mass is 266 g/mol. The largest absolute Gasteiger partial charge is 0.229 e. The van der Waals surface area contributed by atoms with E-state index >= 15 is 0 Å². The van der Waals surface area contributed by atoms with Crippen molar-refractivity contribution in [1.82, 2.24) is 0 Å². The van der Waals surface area contributed by atoms with Crippen LogP contribution in [-0.4, -0.2) is 10.4 Å². The van der Waals surface area contributed by atoms with Gasteiger partial charge >= 0.3 is 0 Å². The summed E-state index contributed by atoms with van der Waals surface area (Å²) in [6, 6.07) is 0. The van der Waals surface area contributed by atoms with Gasteiger partial charge in [-0.15, -0.1) is 0 Å². The number of allylic oxidation sites excluding steroid dienone is 2. The van der Waals surface area contributed by atoms with Crippen LogP contribution in [0.25, 0.3) is 0 Å². The van der Waals surface area contributed by atoms with Gasteiger partial charge in [0.05, 0.1) is 11.1 Å². The van der Waals surface area contributed by atoms with Crippen LogP contribution < -0.4 is 0 Å². The average Bonchev–Trinajstić information content (AvgIpc) is 2.34. The number of rotatable bonds is 0. The number of hydrogen-bond donors (Lipinski definition) is 0. The predicted molar refractivity (Wildman–Crippen MR) is 49.2 cm³/mol. The third-order valence-electron chi connectivity index (χ3n) is 1.12. The molecule has 0 aromatic carbocycles. The minimum absolute atomic E-state index is 0.178. The molecule has 52 valence electrons. The van der Waals surface area contributed by atoms with Crippen LogP contribution >= 0.6 is 21.0 Å². The van der Waals surface area contributed by atoms with E-state index in [1.54, 1.807) is 6.21 Å². The highest BCUT2D eigenvalue weighted by Gasteiger charge is 2.15. The lowest BCUT2D eigenvalue weighted by molar-refractivity contribution is 0.689. The van der Waals surface area contributed by atoms with E-state index in [-0.39, 0.29) is 21.0 Å². The van der Waals surface area contributed by atoms with Gasteiger partial charge in [-0.25, -0.2) is 7.35 Å². The van der Waals surface area contributed by atoms with Gasteiger partial charge in [-0.2, -0.15) is 4.40 Å². The summed E-state index contributed by atoms with van der Waals surface area (Å²) in [5, 5.41) is 0. The highest BCUT2D eigenvalue weighted by Crippen LogP contribution is 2.26. The number of nitrogens with zero attached hydrogens (tertiary/aromatic N) is 2. The molecule has 0 saturated heterocycles. The van der Waals surface area contributed by atoms with Gasteiger partial charge in [-0.1, -0.05) is 0 Å². The normalized spacial score (nSPS) is 28.6. The molecule has 0 bridgehead atoms. The Bertz CT molecular complexity index is 288. The minimum atomic E-state index is -1.15. The summed E-state index contributed by atoms with van der Waals surface area (Å²) >= 11 is -0.178. The summed E-state index contributed by atoms with van der Waals surface area (Å²) in [4.78, 5) is 0.769. The van der Waals surface area contributed by atoms with Crippen molar-refractivity contribution in [3.63, 3.8) is 0 Å². The molecule has 10 heavy (non-hydrogen) atoms. The second-order valence-electron chi connectivity index (χ2n) is 1.71. The molecule has 0 radical (unpaired) electrons. The van der Waals surface area contributed by atoms with E-state index in [0.717, 1.165) is 10.6 Å². The van der Waals surface area contributed by atoms with Crippen LogP contribution in [0.3, 0.4) is 0 Å². The molecule has 0 spiro atoms. The van der Waals surface area contributed by atoms with Gasteiger partial charge in [0, 0.05) is 21.0 Å². The lowest BCUT2D eigenvalue weighted by atomic mass is 10.4. The van der Waals surface area contributed by atoms with Crippen molar-refractivity contribution in [2.75, 3.05) is 0 Å². The number of halogens is 1. The van der Waals surface area contributed by atoms with E-state index in [2.05, 4.69) is 7.54 Å². The van der Waals surface area contributed by atoms with Crippen LogP contribution in [0.15, 0.2) is 28.3 Å². The first-order valence-corrected chi connectivity index (χ1v) is 5.90. The van der Waals surface area contributed by atoms with Crippen molar-refractivity contribution in [2.45, 2.75) is 0 Å². The lowest BCUT2D eigenvalue weighted by Gasteiger charge is -1.94. The third-order valence-corrected chi connectivity index (χ3v) is 3.62. The summed E-state index contributed by atoms with van der Waals surface area (Å²) in [6.07, 6.45) is 3.47. The van der Waals surface area contributed by atoms with Gasteiger partial charge in [0.25, 0.3) is 0 Å². The molecular weight excluding hydrogens is 263 g/mol. The molecule has 3 nitrogen and oxygen atoms in total. The van der Waals surface area contributed by atoms with E-state index in [9.17, 15) is 4.21 Å². The van der Waals surface area contributed by atoms with Gasteiger partial charge in [-0.05, 0) is 10.2 Å². The third kappa shape index (κ3) is 0.929. The molecule has 0 aliphatic carbocycles. The topological polar surface area (TPSA) is 41.8 Å². The quantitative estimate of drug-likeness (QED) is 0.614. The molecule has 0 saturated carbocycles. The Morgan fingerprint density at radius 3 is 3.30 bits per heavy atom. The first-order chi connectivity index (χ1) is 4.88. The average molecular weight is 266 g/mol. The fraction of sp³-hybridized carbons (Fsp3) is 0. The molecule has 2 heterocycles. The van der Waals surface area contributed by atoms with E-state index in [0.29, 0.717) is 0 Å². The van der Waals surface area contributed by atoms with Crippen LogP contribution in [0.4, 0.5) is 0 Å². The zero-order valence-corrected chi connectivity index (χ0v) is 7.79. The first-order valence-electron chi connectivity index (χ1n) is 2.58. The Labute approximate surface area is 70.7 Å². The zero-order valence-electron chi connectivity index (χ0n) is 4.82. The summed E-state index contributed by atoms with van der Waals surface area (Å²) in [5.41, 5.74) is 0.827. The maximum Gasteiger partial charge on any atom is 0.174 e. The Morgan fingerprint density at radius 2 is 2.50 bits per heavy atom. The fourth-order valence-electron chi connectivity index (χ4n) is 0.681. The van der Waals surface area contributed by atoms with Crippen molar-refractivity contribution < 1.29 is 4.21 Å². The predicted octanol–water partition coefficient (Wildman–Crippen LogP) is 1.63. The molecule has 2 rings (SSSR count). The van der Waals surface area contributed by atoms with Crippen LogP contribution in [0.1, 0.15) is 0 Å². The summed E-state index contributed by atoms with van der Waals surface area (Å²) < 4.78 is 20.9.